The van der Waals surface area contributed by atoms with Gasteiger partial charge in [-0.05, 0) is 38.0 Å². The first-order valence-corrected chi connectivity index (χ1v) is 7.75. The number of aryl methyl sites for hydroxylation is 1. The molecule has 3 rings (SSSR count). The SMILES string of the molecule is C[C@@H](NC[C@H]1CCCO1)c1nc2cc(C(F)(F)F)ccc2n1C. The van der Waals surface area contributed by atoms with Crippen molar-refractivity contribution in [3.8, 4) is 0 Å². The average Bonchev–Trinajstić information content (AvgIpc) is 3.12. The second-order valence-electron chi connectivity index (χ2n) is 6.00. The Hall–Kier alpha value is -1.60. The molecule has 1 saturated heterocycles. The molecule has 1 aliphatic rings. The number of benzene rings is 1. The lowest BCUT2D eigenvalue weighted by Crippen LogP contribution is -2.29. The Morgan fingerprint density at radius 1 is 1.43 bits per heavy atom. The zero-order valence-electron chi connectivity index (χ0n) is 13.2. The molecule has 0 aliphatic carbocycles. The van der Waals surface area contributed by atoms with E-state index >= 15 is 0 Å². The number of alkyl halides is 3. The van der Waals surface area contributed by atoms with Crippen LogP contribution in [0.3, 0.4) is 0 Å². The number of halogens is 3. The lowest BCUT2D eigenvalue weighted by Gasteiger charge is -2.16. The molecule has 1 aromatic heterocycles. The summed E-state index contributed by atoms with van der Waals surface area (Å²) in [5, 5.41) is 3.36. The van der Waals surface area contributed by atoms with Crippen LogP contribution in [0.25, 0.3) is 11.0 Å². The molecule has 2 heterocycles. The van der Waals surface area contributed by atoms with E-state index in [0.29, 0.717) is 11.0 Å². The van der Waals surface area contributed by atoms with Gasteiger partial charge in [-0.25, -0.2) is 4.98 Å². The zero-order valence-corrected chi connectivity index (χ0v) is 13.2. The van der Waals surface area contributed by atoms with Crippen LogP contribution in [0.4, 0.5) is 13.2 Å². The van der Waals surface area contributed by atoms with Gasteiger partial charge in [-0.1, -0.05) is 0 Å². The Bertz CT molecular complexity index is 690. The minimum absolute atomic E-state index is 0.0639. The predicted molar refractivity (Wildman–Crippen MR) is 81.1 cm³/mol. The van der Waals surface area contributed by atoms with E-state index in [1.807, 2.05) is 18.5 Å². The third-order valence-corrected chi connectivity index (χ3v) is 4.31. The van der Waals surface area contributed by atoms with Crippen LogP contribution >= 0.6 is 0 Å². The summed E-state index contributed by atoms with van der Waals surface area (Å²) in [4.78, 5) is 4.39. The maximum Gasteiger partial charge on any atom is 0.416 e. The number of rotatable bonds is 4. The molecule has 23 heavy (non-hydrogen) atoms. The molecule has 0 saturated carbocycles. The Morgan fingerprint density at radius 2 is 2.22 bits per heavy atom. The number of nitrogens with one attached hydrogen (secondary N) is 1. The van der Waals surface area contributed by atoms with Crippen LogP contribution in [-0.2, 0) is 18.0 Å². The number of aromatic nitrogens is 2. The van der Waals surface area contributed by atoms with E-state index < -0.39 is 11.7 Å². The van der Waals surface area contributed by atoms with Gasteiger partial charge in [-0.15, -0.1) is 0 Å². The molecule has 0 unspecified atom stereocenters. The van der Waals surface area contributed by atoms with E-state index in [4.69, 9.17) is 4.74 Å². The number of hydrogen-bond donors (Lipinski definition) is 1. The summed E-state index contributed by atoms with van der Waals surface area (Å²) >= 11 is 0. The summed E-state index contributed by atoms with van der Waals surface area (Å²) in [5.74, 6) is 0.720. The van der Waals surface area contributed by atoms with Gasteiger partial charge in [0.25, 0.3) is 0 Å². The maximum atomic E-state index is 12.8. The fourth-order valence-electron chi connectivity index (χ4n) is 2.99. The van der Waals surface area contributed by atoms with Crippen molar-refractivity contribution in [2.24, 2.45) is 7.05 Å². The molecule has 1 aromatic carbocycles. The summed E-state index contributed by atoms with van der Waals surface area (Å²) in [6, 6.07) is 3.61. The molecule has 1 aliphatic heterocycles. The monoisotopic (exact) mass is 327 g/mol. The van der Waals surface area contributed by atoms with Gasteiger partial charge in [-0.2, -0.15) is 13.2 Å². The van der Waals surface area contributed by atoms with E-state index in [0.717, 1.165) is 44.0 Å². The van der Waals surface area contributed by atoms with Crippen LogP contribution in [-0.4, -0.2) is 28.8 Å². The highest BCUT2D eigenvalue weighted by Crippen LogP contribution is 2.31. The van der Waals surface area contributed by atoms with Crippen LogP contribution in [0.15, 0.2) is 18.2 Å². The fourth-order valence-corrected chi connectivity index (χ4v) is 2.99. The molecule has 4 nitrogen and oxygen atoms in total. The normalized spacial score (nSPS) is 20.3. The number of hydrogen-bond acceptors (Lipinski definition) is 3. The highest BCUT2D eigenvalue weighted by molar-refractivity contribution is 5.77. The molecular weight excluding hydrogens is 307 g/mol. The number of fused-ring (bicyclic) bond motifs is 1. The summed E-state index contributed by atoms with van der Waals surface area (Å²) in [7, 11) is 1.82. The van der Waals surface area contributed by atoms with Crippen molar-refractivity contribution >= 4 is 11.0 Å². The van der Waals surface area contributed by atoms with Crippen LogP contribution in [0.2, 0.25) is 0 Å². The molecule has 2 atom stereocenters. The smallest absolute Gasteiger partial charge is 0.377 e. The quantitative estimate of drug-likeness (QED) is 0.935. The van der Waals surface area contributed by atoms with E-state index in [1.54, 1.807) is 0 Å². The van der Waals surface area contributed by atoms with Gasteiger partial charge in [0.05, 0.1) is 28.7 Å². The van der Waals surface area contributed by atoms with E-state index in [9.17, 15) is 13.2 Å². The van der Waals surface area contributed by atoms with Gasteiger partial charge in [0, 0.05) is 20.2 Å². The minimum atomic E-state index is -4.35. The van der Waals surface area contributed by atoms with Crippen LogP contribution in [0.1, 0.15) is 37.2 Å². The summed E-state index contributed by atoms with van der Waals surface area (Å²) in [5.41, 5.74) is 0.386. The predicted octanol–water partition coefficient (Wildman–Crippen LogP) is 3.42. The number of nitrogens with zero attached hydrogens (tertiary/aromatic N) is 2. The molecule has 0 bridgehead atoms. The molecular formula is C16H20F3N3O. The second-order valence-corrected chi connectivity index (χ2v) is 6.00. The molecule has 1 N–H and O–H groups in total. The number of imidazole rings is 1. The zero-order chi connectivity index (χ0) is 16.6. The first-order valence-electron chi connectivity index (χ1n) is 7.75. The van der Waals surface area contributed by atoms with Gasteiger partial charge in [0.2, 0.25) is 0 Å². The van der Waals surface area contributed by atoms with Gasteiger partial charge >= 0.3 is 6.18 Å². The fraction of sp³-hybridized carbons (Fsp3) is 0.562. The highest BCUT2D eigenvalue weighted by Gasteiger charge is 2.31. The molecule has 0 spiro atoms. The highest BCUT2D eigenvalue weighted by atomic mass is 19.4. The second kappa shape index (κ2) is 6.13. The Kier molecular flexibility index (Phi) is 4.33. The van der Waals surface area contributed by atoms with Gasteiger partial charge < -0.3 is 14.6 Å². The van der Waals surface area contributed by atoms with Crippen LogP contribution < -0.4 is 5.32 Å². The van der Waals surface area contributed by atoms with Crippen molar-refractivity contribution in [1.29, 1.82) is 0 Å². The standard InChI is InChI=1S/C16H20F3N3O/c1-10(20-9-12-4-3-7-23-12)15-21-13-8-11(16(17,18)19)5-6-14(13)22(15)2/h5-6,8,10,12,20H,3-4,7,9H2,1-2H3/t10-,12-/m1/s1. The summed E-state index contributed by atoms with van der Waals surface area (Å²) in [6.45, 7) is 3.48. The Labute approximate surface area is 132 Å². The number of ether oxygens (including phenoxy) is 1. The molecule has 0 radical (unpaired) electrons. The third kappa shape index (κ3) is 3.35. The van der Waals surface area contributed by atoms with Crippen LogP contribution in [0, 0.1) is 0 Å². The van der Waals surface area contributed by atoms with Crippen molar-refractivity contribution in [2.45, 2.75) is 38.1 Å². The van der Waals surface area contributed by atoms with Gasteiger partial charge in [0.15, 0.2) is 0 Å². The largest absolute Gasteiger partial charge is 0.416 e. The minimum Gasteiger partial charge on any atom is -0.377 e. The molecule has 7 heteroatoms. The van der Waals surface area contributed by atoms with E-state index in [1.165, 1.54) is 6.07 Å². The molecule has 0 amide bonds. The summed E-state index contributed by atoms with van der Waals surface area (Å²) in [6.07, 6.45) is -2.02. The first kappa shape index (κ1) is 16.3. The molecule has 126 valence electrons. The molecule has 1 fully saturated rings. The van der Waals surface area contributed by atoms with Crippen molar-refractivity contribution in [2.75, 3.05) is 13.2 Å². The Morgan fingerprint density at radius 3 is 2.87 bits per heavy atom. The summed E-state index contributed by atoms with van der Waals surface area (Å²) < 4.78 is 45.8. The van der Waals surface area contributed by atoms with E-state index in [2.05, 4.69) is 10.3 Å². The van der Waals surface area contributed by atoms with Gasteiger partial charge in [-0.3, -0.25) is 0 Å². The first-order chi connectivity index (χ1) is 10.9. The van der Waals surface area contributed by atoms with E-state index in [-0.39, 0.29) is 12.1 Å². The van der Waals surface area contributed by atoms with Crippen molar-refractivity contribution in [3.05, 3.63) is 29.6 Å². The Balaban J connectivity index is 1.81. The van der Waals surface area contributed by atoms with Crippen LogP contribution in [0.5, 0.6) is 0 Å². The molecule has 2 aromatic rings. The maximum absolute atomic E-state index is 12.8. The average molecular weight is 327 g/mol. The van der Waals surface area contributed by atoms with Crippen molar-refractivity contribution in [1.82, 2.24) is 14.9 Å². The third-order valence-electron chi connectivity index (χ3n) is 4.31. The van der Waals surface area contributed by atoms with Crippen molar-refractivity contribution in [3.63, 3.8) is 0 Å². The topological polar surface area (TPSA) is 39.1 Å². The lowest BCUT2D eigenvalue weighted by atomic mass is 10.2. The lowest BCUT2D eigenvalue weighted by molar-refractivity contribution is -0.137. The van der Waals surface area contributed by atoms with Gasteiger partial charge in [0.1, 0.15) is 5.82 Å². The van der Waals surface area contributed by atoms with Crippen molar-refractivity contribution < 1.29 is 17.9 Å².